The third kappa shape index (κ3) is 3.73. The molecule has 7 heteroatoms. The van der Waals surface area contributed by atoms with Crippen LogP contribution in [0.3, 0.4) is 0 Å². The summed E-state index contributed by atoms with van der Waals surface area (Å²) in [5.74, 6) is -1.25. The van der Waals surface area contributed by atoms with Crippen molar-refractivity contribution >= 4 is 17.0 Å². The van der Waals surface area contributed by atoms with Crippen LogP contribution in [0.25, 0.3) is 0 Å². The molecule has 0 bridgehead atoms. The Kier molecular flexibility index (Phi) is 4.66. The highest BCUT2D eigenvalue weighted by molar-refractivity contribution is 7.07. The molecular weight excluding hydrogens is 318 g/mol. The molecule has 0 fully saturated rings. The Balaban J connectivity index is 1.81. The minimum atomic E-state index is -0.652. The quantitative estimate of drug-likeness (QED) is 0.701. The smallest absolute Gasteiger partial charge is 0.190 e. The highest BCUT2D eigenvalue weighted by atomic mass is 32.1. The van der Waals surface area contributed by atoms with E-state index in [1.54, 1.807) is 12.5 Å². The Labute approximate surface area is 136 Å². The molecule has 0 aliphatic carbocycles. The molecule has 3 rings (SSSR count). The lowest BCUT2D eigenvalue weighted by Crippen LogP contribution is -2.17. The molecule has 3 aromatic rings. The summed E-state index contributed by atoms with van der Waals surface area (Å²) in [5.41, 5.74) is 1.22. The molecule has 120 valence electrons. The SMILES string of the molecule is Cc1csc(=Nc2ccc(F)cc2F)n1CCCn1ccnc1. The molecule has 4 nitrogen and oxygen atoms in total. The molecule has 0 N–H and O–H groups in total. The normalized spacial score (nSPS) is 12.0. The predicted molar refractivity (Wildman–Crippen MR) is 85.5 cm³/mol. The first-order valence-electron chi connectivity index (χ1n) is 7.24. The van der Waals surface area contributed by atoms with Gasteiger partial charge in [0.25, 0.3) is 0 Å². The Hall–Kier alpha value is -2.28. The molecule has 0 atom stereocenters. The summed E-state index contributed by atoms with van der Waals surface area (Å²) in [6.45, 7) is 3.62. The van der Waals surface area contributed by atoms with Gasteiger partial charge in [-0.05, 0) is 25.5 Å². The zero-order valence-electron chi connectivity index (χ0n) is 12.6. The van der Waals surface area contributed by atoms with Gasteiger partial charge in [-0.15, -0.1) is 11.3 Å². The highest BCUT2D eigenvalue weighted by Gasteiger charge is 2.05. The Morgan fingerprint density at radius 3 is 2.87 bits per heavy atom. The minimum Gasteiger partial charge on any atom is -0.337 e. The van der Waals surface area contributed by atoms with Crippen molar-refractivity contribution in [3.63, 3.8) is 0 Å². The van der Waals surface area contributed by atoms with Gasteiger partial charge in [-0.25, -0.2) is 18.8 Å². The highest BCUT2D eigenvalue weighted by Crippen LogP contribution is 2.18. The molecule has 0 radical (unpaired) electrons. The van der Waals surface area contributed by atoms with E-state index < -0.39 is 11.6 Å². The van der Waals surface area contributed by atoms with Crippen molar-refractivity contribution in [1.82, 2.24) is 14.1 Å². The van der Waals surface area contributed by atoms with Crippen LogP contribution in [0, 0.1) is 18.6 Å². The molecule has 2 aromatic heterocycles. The van der Waals surface area contributed by atoms with E-state index in [4.69, 9.17) is 0 Å². The molecule has 23 heavy (non-hydrogen) atoms. The van der Waals surface area contributed by atoms with E-state index >= 15 is 0 Å². The molecule has 0 amide bonds. The number of hydrogen-bond acceptors (Lipinski definition) is 3. The van der Waals surface area contributed by atoms with Crippen LogP contribution in [0.15, 0.2) is 47.3 Å². The van der Waals surface area contributed by atoms with Gasteiger partial charge >= 0.3 is 0 Å². The van der Waals surface area contributed by atoms with E-state index in [2.05, 4.69) is 9.98 Å². The third-order valence-corrected chi connectivity index (χ3v) is 4.46. The summed E-state index contributed by atoms with van der Waals surface area (Å²) in [5, 5.41) is 1.98. The van der Waals surface area contributed by atoms with E-state index in [-0.39, 0.29) is 5.69 Å². The van der Waals surface area contributed by atoms with Crippen molar-refractivity contribution < 1.29 is 8.78 Å². The van der Waals surface area contributed by atoms with Crippen LogP contribution in [0.2, 0.25) is 0 Å². The van der Waals surface area contributed by atoms with Crippen molar-refractivity contribution in [1.29, 1.82) is 0 Å². The van der Waals surface area contributed by atoms with Gasteiger partial charge in [0.2, 0.25) is 0 Å². The van der Waals surface area contributed by atoms with Crippen molar-refractivity contribution in [2.45, 2.75) is 26.4 Å². The first-order valence-corrected chi connectivity index (χ1v) is 8.12. The van der Waals surface area contributed by atoms with Crippen molar-refractivity contribution in [3.8, 4) is 0 Å². The zero-order valence-corrected chi connectivity index (χ0v) is 13.4. The minimum absolute atomic E-state index is 0.150. The van der Waals surface area contributed by atoms with Gasteiger partial charge in [-0.2, -0.15) is 0 Å². The molecule has 0 saturated carbocycles. The van der Waals surface area contributed by atoms with Crippen LogP contribution in [0.1, 0.15) is 12.1 Å². The summed E-state index contributed by atoms with van der Waals surface area (Å²) in [6.07, 6.45) is 6.36. The molecule has 0 aliphatic heterocycles. The molecule has 0 saturated heterocycles. The maximum atomic E-state index is 13.8. The molecular formula is C16H16F2N4S. The van der Waals surface area contributed by atoms with Gasteiger partial charge in [0.1, 0.15) is 11.5 Å². The van der Waals surface area contributed by atoms with Gasteiger partial charge in [-0.3, -0.25) is 0 Å². The van der Waals surface area contributed by atoms with Crippen LogP contribution >= 0.6 is 11.3 Å². The summed E-state index contributed by atoms with van der Waals surface area (Å²) in [7, 11) is 0. The fourth-order valence-electron chi connectivity index (χ4n) is 2.28. The summed E-state index contributed by atoms with van der Waals surface area (Å²) < 4.78 is 30.8. The fraction of sp³-hybridized carbons (Fsp3) is 0.250. The molecule has 1 aromatic carbocycles. The second kappa shape index (κ2) is 6.87. The average molecular weight is 334 g/mol. The third-order valence-electron chi connectivity index (χ3n) is 3.47. The maximum Gasteiger partial charge on any atom is 0.190 e. The van der Waals surface area contributed by atoms with Gasteiger partial charge in [-0.1, -0.05) is 0 Å². The van der Waals surface area contributed by atoms with Crippen molar-refractivity contribution in [2.75, 3.05) is 0 Å². The van der Waals surface area contributed by atoms with Crippen molar-refractivity contribution in [2.24, 2.45) is 4.99 Å². The van der Waals surface area contributed by atoms with Crippen LogP contribution in [-0.2, 0) is 13.1 Å². The second-order valence-electron chi connectivity index (χ2n) is 5.17. The van der Waals surface area contributed by atoms with Gasteiger partial charge < -0.3 is 9.13 Å². The maximum absolute atomic E-state index is 13.8. The van der Waals surface area contributed by atoms with Gasteiger partial charge in [0.15, 0.2) is 10.6 Å². The van der Waals surface area contributed by atoms with Gasteiger partial charge in [0.05, 0.1) is 6.33 Å². The number of aromatic nitrogens is 3. The summed E-state index contributed by atoms with van der Waals surface area (Å²) >= 11 is 1.45. The average Bonchev–Trinajstić information content (AvgIpc) is 3.14. The number of hydrogen-bond donors (Lipinski definition) is 0. The number of halogens is 2. The van der Waals surface area contributed by atoms with E-state index in [1.807, 2.05) is 27.6 Å². The van der Waals surface area contributed by atoms with Crippen LogP contribution in [0.4, 0.5) is 14.5 Å². The Bertz CT molecular complexity index is 849. The Morgan fingerprint density at radius 2 is 2.13 bits per heavy atom. The van der Waals surface area contributed by atoms with Crippen molar-refractivity contribution in [3.05, 3.63) is 64.4 Å². The predicted octanol–water partition coefficient (Wildman–Crippen LogP) is 3.66. The summed E-state index contributed by atoms with van der Waals surface area (Å²) in [4.78, 5) is 9.06. The fourth-order valence-corrected chi connectivity index (χ4v) is 3.20. The van der Waals surface area contributed by atoms with E-state index in [1.165, 1.54) is 23.5 Å². The number of imidazole rings is 1. The van der Waals surface area contributed by atoms with Gasteiger partial charge in [0, 0.05) is 42.6 Å². The molecule has 2 heterocycles. The second-order valence-corrected chi connectivity index (χ2v) is 6.01. The monoisotopic (exact) mass is 334 g/mol. The number of thiazole rings is 1. The number of rotatable bonds is 5. The first-order chi connectivity index (χ1) is 11.1. The van der Waals surface area contributed by atoms with Crippen LogP contribution in [0.5, 0.6) is 0 Å². The lowest BCUT2D eigenvalue weighted by molar-refractivity contribution is 0.547. The molecule has 0 spiro atoms. The lowest BCUT2D eigenvalue weighted by atomic mass is 10.3. The molecule has 0 unspecified atom stereocenters. The van der Waals surface area contributed by atoms with Crippen LogP contribution < -0.4 is 4.80 Å². The number of nitrogens with zero attached hydrogens (tertiary/aromatic N) is 4. The standard InChI is InChI=1S/C16H16F2N4S/c1-12-10-23-16(20-15-4-3-13(17)9-14(15)18)22(12)7-2-6-21-8-5-19-11-21/h3-5,8-11H,2,6-7H2,1H3. The van der Waals surface area contributed by atoms with Crippen LogP contribution in [-0.4, -0.2) is 14.1 Å². The van der Waals surface area contributed by atoms with E-state index in [9.17, 15) is 8.78 Å². The number of benzene rings is 1. The zero-order chi connectivity index (χ0) is 16.2. The van der Waals surface area contributed by atoms with E-state index in [0.717, 1.165) is 31.3 Å². The summed E-state index contributed by atoms with van der Waals surface area (Å²) in [6, 6.07) is 3.42. The lowest BCUT2D eigenvalue weighted by Gasteiger charge is -2.07. The number of aryl methyl sites for hydroxylation is 2. The Morgan fingerprint density at radius 1 is 1.26 bits per heavy atom. The largest absolute Gasteiger partial charge is 0.337 e. The van der Waals surface area contributed by atoms with E-state index in [0.29, 0.717) is 4.80 Å². The molecule has 0 aliphatic rings. The first kappa shape index (κ1) is 15.6. The topological polar surface area (TPSA) is 35.1 Å².